The lowest BCUT2D eigenvalue weighted by Crippen LogP contribution is -2.08. The maximum Gasteiger partial charge on any atom is 0.223 e. The molecule has 0 bridgehead atoms. The molecular weight excluding hydrogens is 220 g/mol. The largest absolute Gasteiger partial charge is 0.368 e. The summed E-state index contributed by atoms with van der Waals surface area (Å²) in [6, 6.07) is 4.09. The number of nitrogen functional groups attached to an aromatic ring is 1. The van der Waals surface area contributed by atoms with Gasteiger partial charge in [0.05, 0.1) is 0 Å². The van der Waals surface area contributed by atoms with E-state index in [9.17, 15) is 0 Å². The lowest BCUT2D eigenvalue weighted by Gasteiger charge is -2.06. The van der Waals surface area contributed by atoms with Crippen molar-refractivity contribution in [2.45, 2.75) is 26.2 Å². The molecule has 0 atom stereocenters. The highest BCUT2D eigenvalue weighted by molar-refractivity contribution is 7.09. The lowest BCUT2D eigenvalue weighted by molar-refractivity contribution is 0.744. The number of hydrogen-bond acceptors (Lipinski definition) is 5. The maximum absolute atomic E-state index is 5.67. The summed E-state index contributed by atoms with van der Waals surface area (Å²) < 4.78 is 0. The summed E-state index contributed by atoms with van der Waals surface area (Å²) >= 11 is 1.70. The molecule has 0 saturated heterocycles. The Kier molecular flexibility index (Phi) is 3.14. The van der Waals surface area contributed by atoms with Crippen molar-refractivity contribution in [1.82, 2.24) is 15.0 Å². The molecule has 2 rings (SSSR count). The smallest absolute Gasteiger partial charge is 0.223 e. The molecule has 0 fully saturated rings. The van der Waals surface area contributed by atoms with Gasteiger partial charge in [0.2, 0.25) is 5.95 Å². The number of thiophene rings is 1. The molecule has 2 aromatic heterocycles. The van der Waals surface area contributed by atoms with Crippen LogP contribution in [-0.4, -0.2) is 15.0 Å². The first-order valence-corrected chi connectivity index (χ1v) is 6.06. The minimum Gasteiger partial charge on any atom is -0.368 e. The van der Waals surface area contributed by atoms with Crippen molar-refractivity contribution in [3.8, 4) is 0 Å². The zero-order chi connectivity index (χ0) is 11.5. The Labute approximate surface area is 98.6 Å². The highest BCUT2D eigenvalue weighted by atomic mass is 32.1. The fraction of sp³-hybridized carbons (Fsp3) is 0.364. The van der Waals surface area contributed by atoms with Crippen molar-refractivity contribution < 1.29 is 0 Å². The van der Waals surface area contributed by atoms with Crippen LogP contribution in [0.1, 0.15) is 36.3 Å². The summed E-state index contributed by atoms with van der Waals surface area (Å²) in [5, 5.41) is 2.04. The minimum absolute atomic E-state index is 0.271. The molecule has 0 aliphatic carbocycles. The molecule has 0 unspecified atom stereocenters. The number of nitrogens with two attached hydrogens (primary N) is 1. The molecule has 2 aromatic rings. The number of rotatable bonds is 3. The van der Waals surface area contributed by atoms with Crippen LogP contribution >= 0.6 is 11.3 Å². The van der Waals surface area contributed by atoms with Gasteiger partial charge in [-0.3, -0.25) is 0 Å². The molecule has 16 heavy (non-hydrogen) atoms. The molecular formula is C11H14N4S. The van der Waals surface area contributed by atoms with E-state index in [0.717, 1.165) is 18.1 Å². The average molecular weight is 234 g/mol. The van der Waals surface area contributed by atoms with Gasteiger partial charge in [0.1, 0.15) is 11.6 Å². The van der Waals surface area contributed by atoms with E-state index in [4.69, 9.17) is 5.73 Å². The summed E-state index contributed by atoms with van der Waals surface area (Å²) in [6.45, 7) is 4.09. The van der Waals surface area contributed by atoms with Crippen LogP contribution < -0.4 is 5.73 Å². The van der Waals surface area contributed by atoms with E-state index in [1.807, 2.05) is 25.3 Å². The topological polar surface area (TPSA) is 64.7 Å². The Balaban J connectivity index is 2.27. The summed E-state index contributed by atoms with van der Waals surface area (Å²) in [5.41, 5.74) is 5.67. The van der Waals surface area contributed by atoms with Gasteiger partial charge in [-0.05, 0) is 11.4 Å². The van der Waals surface area contributed by atoms with E-state index >= 15 is 0 Å². The van der Waals surface area contributed by atoms with Gasteiger partial charge in [-0.2, -0.15) is 9.97 Å². The van der Waals surface area contributed by atoms with Gasteiger partial charge in [0.15, 0.2) is 0 Å². The van der Waals surface area contributed by atoms with Gasteiger partial charge in [0.25, 0.3) is 0 Å². The molecule has 0 aliphatic rings. The molecule has 0 saturated carbocycles. The second-order valence-electron chi connectivity index (χ2n) is 3.88. The van der Waals surface area contributed by atoms with Crippen LogP contribution in [0.15, 0.2) is 17.5 Å². The standard InChI is InChI=1S/C11H14N4S/c1-7(2)10-13-9(14-11(12)15-10)6-8-4-3-5-16-8/h3-5,7H,6H2,1-2H3,(H2,12,13,14,15). The van der Waals surface area contributed by atoms with Gasteiger partial charge < -0.3 is 5.73 Å². The van der Waals surface area contributed by atoms with Crippen molar-refractivity contribution in [2.75, 3.05) is 5.73 Å². The van der Waals surface area contributed by atoms with Crippen molar-refractivity contribution in [3.63, 3.8) is 0 Å². The van der Waals surface area contributed by atoms with E-state index in [2.05, 4.69) is 21.0 Å². The molecule has 4 nitrogen and oxygen atoms in total. The number of nitrogens with zero attached hydrogens (tertiary/aromatic N) is 3. The van der Waals surface area contributed by atoms with E-state index in [1.54, 1.807) is 11.3 Å². The molecule has 0 aliphatic heterocycles. The third kappa shape index (κ3) is 2.55. The van der Waals surface area contributed by atoms with Gasteiger partial charge >= 0.3 is 0 Å². The Morgan fingerprint density at radius 3 is 2.75 bits per heavy atom. The van der Waals surface area contributed by atoms with Crippen molar-refractivity contribution in [2.24, 2.45) is 0 Å². The van der Waals surface area contributed by atoms with Gasteiger partial charge in [-0.1, -0.05) is 19.9 Å². The summed E-state index contributed by atoms with van der Waals surface area (Å²) in [5.74, 6) is 2.09. The Morgan fingerprint density at radius 2 is 2.12 bits per heavy atom. The highest BCUT2D eigenvalue weighted by Crippen LogP contribution is 2.15. The van der Waals surface area contributed by atoms with E-state index in [1.165, 1.54) is 4.88 Å². The van der Waals surface area contributed by atoms with Crippen LogP contribution in [0.4, 0.5) is 5.95 Å². The van der Waals surface area contributed by atoms with Crippen LogP contribution in [0.25, 0.3) is 0 Å². The van der Waals surface area contributed by atoms with Crippen LogP contribution in [0.5, 0.6) is 0 Å². The Bertz CT molecular complexity index is 465. The zero-order valence-corrected chi connectivity index (χ0v) is 10.2. The number of hydrogen-bond donors (Lipinski definition) is 1. The monoisotopic (exact) mass is 234 g/mol. The molecule has 0 spiro atoms. The summed E-state index contributed by atoms with van der Waals surface area (Å²) in [7, 11) is 0. The van der Waals surface area contributed by atoms with Crippen LogP contribution in [0, 0.1) is 0 Å². The first-order chi connectivity index (χ1) is 7.65. The second kappa shape index (κ2) is 4.57. The van der Waals surface area contributed by atoms with Crippen LogP contribution in [-0.2, 0) is 6.42 Å². The normalized spacial score (nSPS) is 10.9. The first-order valence-electron chi connectivity index (χ1n) is 5.18. The van der Waals surface area contributed by atoms with Crippen molar-refractivity contribution in [3.05, 3.63) is 34.0 Å². The van der Waals surface area contributed by atoms with Gasteiger partial charge in [0, 0.05) is 17.2 Å². The predicted octanol–water partition coefficient (Wildman–Crippen LogP) is 2.23. The van der Waals surface area contributed by atoms with Gasteiger partial charge in [-0.25, -0.2) is 4.98 Å². The third-order valence-corrected chi connectivity index (χ3v) is 3.02. The maximum atomic E-state index is 5.67. The molecule has 0 amide bonds. The van der Waals surface area contributed by atoms with Crippen LogP contribution in [0.3, 0.4) is 0 Å². The fourth-order valence-corrected chi connectivity index (χ4v) is 2.06. The van der Waals surface area contributed by atoms with Crippen molar-refractivity contribution >= 4 is 17.3 Å². The first kappa shape index (κ1) is 11.0. The number of aromatic nitrogens is 3. The SMILES string of the molecule is CC(C)c1nc(N)nc(Cc2cccs2)n1. The van der Waals surface area contributed by atoms with Crippen molar-refractivity contribution in [1.29, 1.82) is 0 Å². The molecule has 2 heterocycles. The third-order valence-electron chi connectivity index (χ3n) is 2.15. The molecule has 0 aromatic carbocycles. The Hall–Kier alpha value is -1.49. The molecule has 2 N–H and O–H groups in total. The number of anilines is 1. The quantitative estimate of drug-likeness (QED) is 0.884. The van der Waals surface area contributed by atoms with E-state index in [0.29, 0.717) is 5.95 Å². The highest BCUT2D eigenvalue weighted by Gasteiger charge is 2.08. The van der Waals surface area contributed by atoms with Crippen LogP contribution in [0.2, 0.25) is 0 Å². The molecule has 0 radical (unpaired) electrons. The average Bonchev–Trinajstić information content (AvgIpc) is 2.69. The van der Waals surface area contributed by atoms with E-state index < -0.39 is 0 Å². The summed E-state index contributed by atoms with van der Waals surface area (Å²) in [4.78, 5) is 13.9. The van der Waals surface area contributed by atoms with E-state index in [-0.39, 0.29) is 5.92 Å². The van der Waals surface area contributed by atoms with Gasteiger partial charge in [-0.15, -0.1) is 11.3 Å². The zero-order valence-electron chi connectivity index (χ0n) is 9.34. The Morgan fingerprint density at radius 1 is 1.31 bits per heavy atom. The molecule has 5 heteroatoms. The second-order valence-corrected chi connectivity index (χ2v) is 4.91. The fourth-order valence-electron chi connectivity index (χ4n) is 1.36. The summed E-state index contributed by atoms with van der Waals surface area (Å²) in [6.07, 6.45) is 0.726. The lowest BCUT2D eigenvalue weighted by atomic mass is 10.2. The minimum atomic E-state index is 0.271. The molecule has 84 valence electrons. The predicted molar refractivity (Wildman–Crippen MR) is 65.5 cm³/mol.